The Morgan fingerprint density at radius 1 is 1.57 bits per heavy atom. The molecule has 0 saturated carbocycles. The second-order valence-electron chi connectivity index (χ2n) is 3.40. The molecule has 14 heavy (non-hydrogen) atoms. The minimum absolute atomic E-state index is 0.00421. The Balaban J connectivity index is 3.09. The summed E-state index contributed by atoms with van der Waals surface area (Å²) in [5, 5.41) is 0. The molecule has 0 radical (unpaired) electrons. The summed E-state index contributed by atoms with van der Waals surface area (Å²) < 4.78 is 7.15. The van der Waals surface area contributed by atoms with E-state index in [2.05, 4.69) is 0 Å². The summed E-state index contributed by atoms with van der Waals surface area (Å²) in [7, 11) is 1.84. The minimum atomic E-state index is -0.118. The molecule has 0 fully saturated rings. The summed E-state index contributed by atoms with van der Waals surface area (Å²) in [4.78, 5) is 11.5. The number of halogens is 1. The van der Waals surface area contributed by atoms with E-state index in [9.17, 15) is 4.79 Å². The zero-order chi connectivity index (χ0) is 10.7. The van der Waals surface area contributed by atoms with E-state index in [1.807, 2.05) is 20.9 Å². The molecule has 1 aromatic heterocycles. The normalized spacial score (nSPS) is 10.6. The van der Waals surface area contributed by atoms with Crippen molar-refractivity contribution in [1.29, 1.82) is 0 Å². The van der Waals surface area contributed by atoms with Crippen LogP contribution in [0.15, 0.2) is 17.1 Å². The molecule has 0 aliphatic carbocycles. The van der Waals surface area contributed by atoms with Gasteiger partial charge in [-0.05, 0) is 13.8 Å². The molecule has 4 heteroatoms. The maximum Gasteiger partial charge on any atom is 0.223 e. The Morgan fingerprint density at radius 2 is 2.21 bits per heavy atom. The van der Waals surface area contributed by atoms with Gasteiger partial charge in [-0.3, -0.25) is 4.79 Å². The predicted molar refractivity (Wildman–Crippen MR) is 57.0 cm³/mol. The van der Waals surface area contributed by atoms with Crippen LogP contribution in [-0.2, 0) is 12.9 Å². The number of pyridine rings is 1. The summed E-state index contributed by atoms with van der Waals surface area (Å²) in [5.41, 5.74) is 0.667. The molecule has 0 N–H and O–H groups in total. The molecule has 3 nitrogen and oxygen atoms in total. The Bertz CT molecular complexity index is 371. The largest absolute Gasteiger partial charge is 0.485 e. The van der Waals surface area contributed by atoms with Gasteiger partial charge in [-0.25, -0.2) is 0 Å². The first-order valence-corrected chi connectivity index (χ1v) is 5.00. The number of rotatable bonds is 3. The van der Waals surface area contributed by atoms with Crippen molar-refractivity contribution in [2.75, 3.05) is 0 Å². The lowest BCUT2D eigenvalue weighted by molar-refractivity contribution is 0.238. The van der Waals surface area contributed by atoms with E-state index in [1.54, 1.807) is 10.8 Å². The summed E-state index contributed by atoms with van der Waals surface area (Å²) >= 11 is 5.66. The average molecular weight is 216 g/mol. The Kier molecular flexibility index (Phi) is 3.58. The van der Waals surface area contributed by atoms with Gasteiger partial charge in [0.05, 0.1) is 18.2 Å². The lowest BCUT2D eigenvalue weighted by Gasteiger charge is -2.11. The minimum Gasteiger partial charge on any atom is -0.485 e. The van der Waals surface area contributed by atoms with Gasteiger partial charge in [0.1, 0.15) is 0 Å². The van der Waals surface area contributed by atoms with Gasteiger partial charge in [0.2, 0.25) is 5.43 Å². The lowest BCUT2D eigenvalue weighted by atomic mass is 10.3. The van der Waals surface area contributed by atoms with E-state index in [4.69, 9.17) is 16.3 Å². The molecule has 0 aliphatic heterocycles. The van der Waals surface area contributed by atoms with Gasteiger partial charge < -0.3 is 9.30 Å². The summed E-state index contributed by atoms with van der Waals surface area (Å²) in [6.45, 7) is 3.77. The number of hydrogen-bond acceptors (Lipinski definition) is 2. The highest BCUT2D eigenvalue weighted by atomic mass is 35.5. The molecular weight excluding hydrogens is 202 g/mol. The Morgan fingerprint density at radius 3 is 2.71 bits per heavy atom. The molecule has 0 amide bonds. The SMILES string of the molecule is CC(C)Oc1cn(C)c(CCl)cc1=O. The first-order chi connectivity index (χ1) is 6.54. The fourth-order valence-corrected chi connectivity index (χ4v) is 1.39. The topological polar surface area (TPSA) is 31.2 Å². The molecule has 0 aliphatic rings. The van der Waals surface area contributed by atoms with Crippen molar-refractivity contribution in [2.45, 2.75) is 25.8 Å². The van der Waals surface area contributed by atoms with Gasteiger partial charge in [-0.2, -0.15) is 0 Å². The van der Waals surface area contributed by atoms with Gasteiger partial charge in [0, 0.05) is 18.8 Å². The third kappa shape index (κ3) is 2.51. The summed E-state index contributed by atoms with van der Waals surface area (Å²) in [6.07, 6.45) is 1.67. The zero-order valence-electron chi connectivity index (χ0n) is 8.58. The van der Waals surface area contributed by atoms with Crippen molar-refractivity contribution in [3.8, 4) is 5.75 Å². The first kappa shape index (κ1) is 11.1. The first-order valence-electron chi connectivity index (χ1n) is 4.46. The molecule has 0 unspecified atom stereocenters. The molecule has 1 aromatic rings. The van der Waals surface area contributed by atoms with Crippen LogP contribution in [0.4, 0.5) is 0 Å². The molecule has 0 spiro atoms. The summed E-state index contributed by atoms with van der Waals surface area (Å²) in [5.74, 6) is 0.699. The van der Waals surface area contributed by atoms with Gasteiger partial charge >= 0.3 is 0 Å². The van der Waals surface area contributed by atoms with Gasteiger partial charge in [-0.1, -0.05) is 0 Å². The maximum absolute atomic E-state index is 11.5. The third-order valence-corrected chi connectivity index (χ3v) is 2.08. The predicted octanol–water partition coefficient (Wildman–Crippen LogP) is 1.91. The van der Waals surface area contributed by atoms with Crippen LogP contribution in [0.3, 0.4) is 0 Å². The van der Waals surface area contributed by atoms with Crippen molar-refractivity contribution in [2.24, 2.45) is 7.05 Å². The fraction of sp³-hybridized carbons (Fsp3) is 0.500. The average Bonchev–Trinajstić information content (AvgIpc) is 2.10. The highest BCUT2D eigenvalue weighted by Crippen LogP contribution is 2.08. The van der Waals surface area contributed by atoms with Crippen LogP contribution in [0.2, 0.25) is 0 Å². The maximum atomic E-state index is 11.5. The lowest BCUT2D eigenvalue weighted by Crippen LogP contribution is -2.16. The molecule has 0 aromatic carbocycles. The number of hydrogen-bond donors (Lipinski definition) is 0. The van der Waals surface area contributed by atoms with Crippen LogP contribution < -0.4 is 10.2 Å². The molecule has 0 atom stereocenters. The number of aromatic nitrogens is 1. The van der Waals surface area contributed by atoms with Crippen LogP contribution in [0.25, 0.3) is 0 Å². The second kappa shape index (κ2) is 4.51. The monoisotopic (exact) mass is 215 g/mol. The van der Waals surface area contributed by atoms with Crippen LogP contribution in [0.1, 0.15) is 19.5 Å². The van der Waals surface area contributed by atoms with E-state index >= 15 is 0 Å². The van der Waals surface area contributed by atoms with E-state index in [-0.39, 0.29) is 11.5 Å². The van der Waals surface area contributed by atoms with Crippen LogP contribution in [-0.4, -0.2) is 10.7 Å². The smallest absolute Gasteiger partial charge is 0.223 e. The second-order valence-corrected chi connectivity index (χ2v) is 3.67. The molecule has 0 saturated heterocycles. The van der Waals surface area contributed by atoms with Crippen LogP contribution in [0.5, 0.6) is 5.75 Å². The quantitative estimate of drug-likeness (QED) is 0.722. The molecule has 1 heterocycles. The van der Waals surface area contributed by atoms with Crippen LogP contribution >= 0.6 is 11.6 Å². The van der Waals surface area contributed by atoms with Gasteiger partial charge in [0.25, 0.3) is 0 Å². The van der Waals surface area contributed by atoms with E-state index in [0.29, 0.717) is 11.6 Å². The highest BCUT2D eigenvalue weighted by Gasteiger charge is 2.06. The number of nitrogens with zero attached hydrogens (tertiary/aromatic N) is 1. The van der Waals surface area contributed by atoms with Crippen molar-refractivity contribution in [3.63, 3.8) is 0 Å². The molecule has 0 bridgehead atoms. The Hall–Kier alpha value is -0.960. The van der Waals surface area contributed by atoms with Crippen molar-refractivity contribution in [1.82, 2.24) is 4.57 Å². The van der Waals surface area contributed by atoms with E-state index in [0.717, 1.165) is 5.69 Å². The third-order valence-electron chi connectivity index (χ3n) is 1.80. The Labute approximate surface area is 88.3 Å². The van der Waals surface area contributed by atoms with E-state index in [1.165, 1.54) is 6.07 Å². The summed E-state index contributed by atoms with van der Waals surface area (Å²) in [6, 6.07) is 1.50. The van der Waals surface area contributed by atoms with Crippen molar-refractivity contribution in [3.05, 3.63) is 28.2 Å². The van der Waals surface area contributed by atoms with Crippen LogP contribution in [0, 0.1) is 0 Å². The zero-order valence-corrected chi connectivity index (χ0v) is 9.34. The standard InChI is InChI=1S/C10H14ClNO2/c1-7(2)14-10-6-12(3)8(5-11)4-9(10)13/h4,6-7H,5H2,1-3H3. The number of ether oxygens (including phenoxy) is 1. The van der Waals surface area contributed by atoms with Gasteiger partial charge in [0.15, 0.2) is 5.75 Å². The van der Waals surface area contributed by atoms with Crippen molar-refractivity contribution < 1.29 is 4.74 Å². The van der Waals surface area contributed by atoms with E-state index < -0.39 is 0 Å². The van der Waals surface area contributed by atoms with Crippen molar-refractivity contribution >= 4 is 11.6 Å². The highest BCUT2D eigenvalue weighted by molar-refractivity contribution is 6.16. The number of alkyl halides is 1. The van der Waals surface area contributed by atoms with Gasteiger partial charge in [-0.15, -0.1) is 11.6 Å². The molecule has 1 rings (SSSR count). The fourth-order valence-electron chi connectivity index (χ4n) is 1.12. The number of aryl methyl sites for hydroxylation is 1. The molecular formula is C10H14ClNO2. The molecule has 78 valence electrons.